The molecule has 0 spiro atoms. The molecule has 0 saturated carbocycles. The van der Waals surface area contributed by atoms with Gasteiger partial charge in [-0.3, -0.25) is 4.79 Å². The largest absolute Gasteiger partial charge is 0.375 e. The lowest BCUT2D eigenvalue weighted by Crippen LogP contribution is -2.16. The highest BCUT2D eigenvalue weighted by Gasteiger charge is 2.11. The molecule has 0 aliphatic heterocycles. The number of azo groups is 1. The number of carbonyl (C=O) groups is 1. The van der Waals surface area contributed by atoms with Gasteiger partial charge in [-0.1, -0.05) is 6.92 Å². The number of nitrogens with zero attached hydrogens (tertiary/aromatic N) is 5. The first-order valence-corrected chi connectivity index (χ1v) is 8.70. The van der Waals surface area contributed by atoms with E-state index in [1.807, 2.05) is 26.1 Å². The van der Waals surface area contributed by atoms with Gasteiger partial charge in [-0.25, -0.2) is 0 Å². The average Bonchev–Trinajstić information content (AvgIpc) is 2.99. The average molecular weight is 356 g/mol. The zero-order chi connectivity index (χ0) is 18.4. The van der Waals surface area contributed by atoms with E-state index in [1.54, 1.807) is 19.9 Å². The van der Waals surface area contributed by atoms with Crippen molar-refractivity contribution < 1.29 is 4.79 Å². The van der Waals surface area contributed by atoms with Crippen LogP contribution in [0, 0.1) is 18.3 Å². The Kier molecular flexibility index (Phi) is 6.19. The Labute approximate surface area is 151 Å². The molecule has 1 N–H and O–H groups in total. The molecule has 0 saturated heterocycles. The van der Waals surface area contributed by atoms with Gasteiger partial charge in [0.2, 0.25) is 5.91 Å². The molecule has 1 amide bonds. The number of rotatable bonds is 6. The Balaban J connectivity index is 2.39. The fourth-order valence-corrected chi connectivity index (χ4v) is 2.70. The highest BCUT2D eigenvalue weighted by atomic mass is 32.1. The maximum atomic E-state index is 11.8. The van der Waals surface area contributed by atoms with Crippen molar-refractivity contribution in [3.8, 4) is 6.07 Å². The standard InChI is InChI=1S/C17H20N6OS/c1-5-16(24)19-15-9-12(23(4)6-2)7-8-14(15)20-21-17-13(10-18)11(3)22-25-17/h7-9H,5-6H2,1-4H3,(H,19,24). The van der Waals surface area contributed by atoms with Crippen molar-refractivity contribution in [2.75, 3.05) is 23.8 Å². The molecule has 1 aromatic carbocycles. The van der Waals surface area contributed by atoms with E-state index in [1.165, 1.54) is 0 Å². The second-order valence-corrected chi connectivity index (χ2v) is 6.13. The molecule has 0 aliphatic rings. The van der Waals surface area contributed by atoms with Crippen molar-refractivity contribution >= 4 is 39.5 Å². The predicted octanol–water partition coefficient (Wildman–Crippen LogP) is 4.54. The van der Waals surface area contributed by atoms with Crippen molar-refractivity contribution in [2.24, 2.45) is 10.2 Å². The number of aromatic nitrogens is 1. The van der Waals surface area contributed by atoms with E-state index in [0.29, 0.717) is 34.1 Å². The number of nitriles is 1. The third-order valence-electron chi connectivity index (χ3n) is 3.70. The lowest BCUT2D eigenvalue weighted by atomic mass is 10.2. The quantitative estimate of drug-likeness (QED) is 0.769. The van der Waals surface area contributed by atoms with Gasteiger partial charge in [-0.15, -0.1) is 10.2 Å². The number of carbonyl (C=O) groups excluding carboxylic acids is 1. The Morgan fingerprint density at radius 3 is 2.80 bits per heavy atom. The molecule has 0 fully saturated rings. The normalized spacial score (nSPS) is 10.7. The summed E-state index contributed by atoms with van der Waals surface area (Å²) in [6, 6.07) is 7.68. The zero-order valence-corrected chi connectivity index (χ0v) is 15.5. The van der Waals surface area contributed by atoms with E-state index in [2.05, 4.69) is 30.9 Å². The minimum Gasteiger partial charge on any atom is -0.375 e. The van der Waals surface area contributed by atoms with Gasteiger partial charge >= 0.3 is 0 Å². The van der Waals surface area contributed by atoms with E-state index < -0.39 is 0 Å². The van der Waals surface area contributed by atoms with Gasteiger partial charge in [0.15, 0.2) is 5.00 Å². The summed E-state index contributed by atoms with van der Waals surface area (Å²) in [5, 5.41) is 20.9. The van der Waals surface area contributed by atoms with Crippen molar-refractivity contribution in [1.82, 2.24) is 4.37 Å². The fourth-order valence-electron chi connectivity index (χ4n) is 2.02. The lowest BCUT2D eigenvalue weighted by Gasteiger charge is -2.18. The number of hydrogen-bond acceptors (Lipinski definition) is 7. The van der Waals surface area contributed by atoms with Crippen LogP contribution >= 0.6 is 11.5 Å². The fraction of sp³-hybridized carbons (Fsp3) is 0.353. The summed E-state index contributed by atoms with van der Waals surface area (Å²) in [4.78, 5) is 13.9. The van der Waals surface area contributed by atoms with E-state index in [9.17, 15) is 4.79 Å². The van der Waals surface area contributed by atoms with Crippen LogP contribution in [0.2, 0.25) is 0 Å². The summed E-state index contributed by atoms with van der Waals surface area (Å²) in [5.41, 5.74) is 3.16. The summed E-state index contributed by atoms with van der Waals surface area (Å²) < 4.78 is 4.12. The van der Waals surface area contributed by atoms with E-state index in [0.717, 1.165) is 23.8 Å². The third-order valence-corrected chi connectivity index (χ3v) is 4.52. The second kappa shape index (κ2) is 8.35. The van der Waals surface area contributed by atoms with Gasteiger partial charge in [-0.05, 0) is 43.6 Å². The first-order chi connectivity index (χ1) is 12.0. The molecule has 130 valence electrons. The Morgan fingerprint density at radius 2 is 2.16 bits per heavy atom. The molecule has 7 nitrogen and oxygen atoms in total. The van der Waals surface area contributed by atoms with E-state index in [4.69, 9.17) is 5.26 Å². The topological polar surface area (TPSA) is 93.7 Å². The Hall–Kier alpha value is -2.79. The Morgan fingerprint density at radius 1 is 1.40 bits per heavy atom. The Bertz CT molecular complexity index is 836. The molecule has 1 aromatic heterocycles. The van der Waals surface area contributed by atoms with E-state index >= 15 is 0 Å². The maximum Gasteiger partial charge on any atom is 0.224 e. The SMILES string of the molecule is CCC(=O)Nc1cc(N(C)CC)ccc1N=Nc1snc(C)c1C#N. The summed E-state index contributed by atoms with van der Waals surface area (Å²) >= 11 is 1.13. The van der Waals surface area contributed by atoms with Gasteiger partial charge in [-0.2, -0.15) is 9.64 Å². The molecule has 2 aromatic rings. The minimum atomic E-state index is -0.0981. The first-order valence-electron chi connectivity index (χ1n) is 7.93. The highest BCUT2D eigenvalue weighted by molar-refractivity contribution is 7.10. The molecule has 0 unspecified atom stereocenters. The molecule has 25 heavy (non-hydrogen) atoms. The number of hydrogen-bond donors (Lipinski definition) is 1. The summed E-state index contributed by atoms with van der Waals surface area (Å²) in [5.74, 6) is -0.0981. The summed E-state index contributed by atoms with van der Waals surface area (Å²) in [6.45, 7) is 6.44. The third kappa shape index (κ3) is 4.39. The molecule has 8 heteroatoms. The monoisotopic (exact) mass is 356 g/mol. The second-order valence-electron chi connectivity index (χ2n) is 5.38. The van der Waals surface area contributed by atoms with Crippen LogP contribution < -0.4 is 10.2 Å². The van der Waals surface area contributed by atoms with Gasteiger partial charge in [0.25, 0.3) is 0 Å². The number of benzene rings is 1. The van der Waals surface area contributed by atoms with Gasteiger partial charge in [0, 0.05) is 25.7 Å². The number of amides is 1. The number of nitrogens with one attached hydrogen (secondary N) is 1. The number of anilines is 2. The predicted molar refractivity (Wildman–Crippen MR) is 100 cm³/mol. The molecule has 0 aliphatic carbocycles. The zero-order valence-electron chi connectivity index (χ0n) is 14.7. The highest BCUT2D eigenvalue weighted by Crippen LogP contribution is 2.33. The summed E-state index contributed by atoms with van der Waals surface area (Å²) in [6.07, 6.45) is 0.372. The molecular formula is C17H20N6OS. The van der Waals surface area contributed by atoms with Gasteiger partial charge < -0.3 is 10.2 Å². The van der Waals surface area contributed by atoms with Crippen molar-refractivity contribution in [3.05, 3.63) is 29.5 Å². The van der Waals surface area contributed by atoms with Crippen LogP contribution in [-0.4, -0.2) is 23.9 Å². The van der Waals surface area contributed by atoms with Crippen LogP contribution in [0.1, 0.15) is 31.5 Å². The van der Waals surface area contributed by atoms with E-state index in [-0.39, 0.29) is 5.91 Å². The maximum absolute atomic E-state index is 11.8. The minimum absolute atomic E-state index is 0.0981. The van der Waals surface area contributed by atoms with Crippen LogP contribution in [0.3, 0.4) is 0 Å². The van der Waals surface area contributed by atoms with Crippen molar-refractivity contribution in [2.45, 2.75) is 27.2 Å². The van der Waals surface area contributed by atoms with Crippen LogP contribution in [0.15, 0.2) is 28.4 Å². The van der Waals surface area contributed by atoms with Gasteiger partial charge in [0.05, 0.1) is 11.4 Å². The molecule has 0 radical (unpaired) electrons. The first kappa shape index (κ1) is 18.5. The number of aryl methyl sites for hydroxylation is 1. The van der Waals surface area contributed by atoms with Crippen molar-refractivity contribution in [1.29, 1.82) is 5.26 Å². The smallest absolute Gasteiger partial charge is 0.224 e. The molecular weight excluding hydrogens is 336 g/mol. The molecule has 2 rings (SSSR count). The van der Waals surface area contributed by atoms with Crippen LogP contribution in [0.25, 0.3) is 0 Å². The molecule has 1 heterocycles. The molecule has 0 atom stereocenters. The van der Waals surface area contributed by atoms with Crippen molar-refractivity contribution in [3.63, 3.8) is 0 Å². The summed E-state index contributed by atoms with van der Waals surface area (Å²) in [7, 11) is 1.97. The lowest BCUT2D eigenvalue weighted by molar-refractivity contribution is -0.115. The van der Waals surface area contributed by atoms with Crippen LogP contribution in [0.5, 0.6) is 0 Å². The molecule has 0 bridgehead atoms. The van der Waals surface area contributed by atoms with Crippen LogP contribution in [-0.2, 0) is 4.79 Å². The van der Waals surface area contributed by atoms with Gasteiger partial charge in [0.1, 0.15) is 17.3 Å². The van der Waals surface area contributed by atoms with Crippen LogP contribution in [0.4, 0.5) is 22.1 Å².